The summed E-state index contributed by atoms with van der Waals surface area (Å²) < 4.78 is 0. The fraction of sp³-hybridized carbons (Fsp3) is 0.875. The monoisotopic (exact) mass is 191 g/mol. The van der Waals surface area contributed by atoms with E-state index >= 15 is 0 Å². The van der Waals surface area contributed by atoms with Crippen molar-refractivity contribution in [2.24, 2.45) is 0 Å². The molecule has 0 aliphatic carbocycles. The Kier molecular flexibility index (Phi) is 7.05. The van der Waals surface area contributed by atoms with Crippen LogP contribution in [0.25, 0.3) is 0 Å². The third-order valence-corrected chi connectivity index (χ3v) is 1.92. The molecule has 0 bridgehead atoms. The average molecular weight is 191 g/mol. The second-order valence-electron chi connectivity index (χ2n) is 2.70. The third kappa shape index (κ3) is 5.29. The zero-order valence-corrected chi connectivity index (χ0v) is 8.39. The van der Waals surface area contributed by atoms with Crippen LogP contribution in [0.2, 0.25) is 0 Å². The van der Waals surface area contributed by atoms with Crippen molar-refractivity contribution in [1.82, 2.24) is 4.90 Å². The maximum absolute atomic E-state index is 10.6. The molecule has 0 radical (unpaired) electrons. The van der Waals surface area contributed by atoms with Crippen molar-refractivity contribution in [2.75, 3.05) is 18.8 Å². The molecule has 0 fully saturated rings. The minimum absolute atomic E-state index is 0.641. The first-order chi connectivity index (χ1) is 5.72. The molecule has 0 atom stereocenters. The molecule has 1 N–H and O–H groups in total. The number of thiol groups is 1. The summed E-state index contributed by atoms with van der Waals surface area (Å²) in [6.07, 6.45) is 1.97. The van der Waals surface area contributed by atoms with Gasteiger partial charge in [0.05, 0.1) is 0 Å². The summed E-state index contributed by atoms with van der Waals surface area (Å²) in [7, 11) is 0. The van der Waals surface area contributed by atoms with E-state index in [4.69, 9.17) is 5.11 Å². The van der Waals surface area contributed by atoms with E-state index in [-0.39, 0.29) is 0 Å². The van der Waals surface area contributed by atoms with Crippen LogP contribution in [0, 0.1) is 0 Å². The number of unbranched alkanes of at least 4 members (excludes halogenated alkanes) is 1. The molecule has 0 saturated heterocycles. The first-order valence-corrected chi connectivity index (χ1v) is 4.94. The van der Waals surface area contributed by atoms with Crippen LogP contribution in [0.1, 0.15) is 26.2 Å². The highest BCUT2D eigenvalue weighted by Gasteiger charge is 2.08. The van der Waals surface area contributed by atoms with E-state index in [0.29, 0.717) is 13.1 Å². The second-order valence-corrected chi connectivity index (χ2v) is 3.15. The summed E-state index contributed by atoms with van der Waals surface area (Å²) in [4.78, 5) is 12.1. The van der Waals surface area contributed by atoms with E-state index in [2.05, 4.69) is 12.6 Å². The van der Waals surface area contributed by atoms with E-state index in [1.807, 2.05) is 6.92 Å². The lowest BCUT2D eigenvalue weighted by Gasteiger charge is -2.17. The Hall–Kier alpha value is -0.380. The van der Waals surface area contributed by atoms with Crippen LogP contribution in [0.4, 0.5) is 4.79 Å². The smallest absolute Gasteiger partial charge is 0.407 e. The van der Waals surface area contributed by atoms with Gasteiger partial charge in [-0.25, -0.2) is 4.79 Å². The van der Waals surface area contributed by atoms with Gasteiger partial charge >= 0.3 is 6.09 Å². The van der Waals surface area contributed by atoms with Crippen molar-refractivity contribution in [3.8, 4) is 0 Å². The van der Waals surface area contributed by atoms with Crippen LogP contribution in [-0.4, -0.2) is 34.9 Å². The molecular formula is C8H17NO2S. The van der Waals surface area contributed by atoms with Crippen LogP contribution in [0.15, 0.2) is 0 Å². The number of amides is 1. The molecule has 72 valence electrons. The highest BCUT2D eigenvalue weighted by molar-refractivity contribution is 7.80. The zero-order chi connectivity index (χ0) is 9.40. The van der Waals surface area contributed by atoms with Gasteiger partial charge < -0.3 is 10.0 Å². The molecular weight excluding hydrogens is 174 g/mol. The molecule has 0 aromatic heterocycles. The molecule has 0 spiro atoms. The first-order valence-electron chi connectivity index (χ1n) is 4.31. The van der Waals surface area contributed by atoms with Crippen molar-refractivity contribution >= 4 is 18.7 Å². The standard InChI is InChI=1S/C8H17NO2S/c1-2-5-9(8(10)11)6-3-4-7-12/h12H,2-7H2,1H3,(H,10,11). The van der Waals surface area contributed by atoms with Gasteiger partial charge in [0.15, 0.2) is 0 Å². The maximum Gasteiger partial charge on any atom is 0.407 e. The topological polar surface area (TPSA) is 40.5 Å². The molecule has 0 aromatic rings. The fourth-order valence-electron chi connectivity index (χ4n) is 0.987. The van der Waals surface area contributed by atoms with Crippen LogP contribution < -0.4 is 0 Å². The van der Waals surface area contributed by atoms with Crippen LogP contribution >= 0.6 is 12.6 Å². The van der Waals surface area contributed by atoms with Gasteiger partial charge in [0.2, 0.25) is 0 Å². The van der Waals surface area contributed by atoms with Crippen molar-refractivity contribution in [1.29, 1.82) is 0 Å². The van der Waals surface area contributed by atoms with Gasteiger partial charge in [-0.1, -0.05) is 6.92 Å². The molecule has 0 heterocycles. The number of hydrogen-bond donors (Lipinski definition) is 2. The van der Waals surface area contributed by atoms with E-state index in [0.717, 1.165) is 25.0 Å². The Bertz CT molecular complexity index is 130. The summed E-state index contributed by atoms with van der Waals surface area (Å²) in [6.45, 7) is 3.26. The molecule has 4 heteroatoms. The molecule has 1 amide bonds. The van der Waals surface area contributed by atoms with Crippen molar-refractivity contribution < 1.29 is 9.90 Å². The van der Waals surface area contributed by atoms with E-state index in [9.17, 15) is 4.79 Å². The quantitative estimate of drug-likeness (QED) is 0.498. The maximum atomic E-state index is 10.6. The molecule has 0 aromatic carbocycles. The largest absolute Gasteiger partial charge is 0.465 e. The highest BCUT2D eigenvalue weighted by Crippen LogP contribution is 1.98. The zero-order valence-electron chi connectivity index (χ0n) is 7.49. The van der Waals surface area contributed by atoms with Gasteiger partial charge in [-0.05, 0) is 25.0 Å². The summed E-state index contributed by atoms with van der Waals surface area (Å²) in [6, 6.07) is 0. The van der Waals surface area contributed by atoms with E-state index in [1.165, 1.54) is 4.90 Å². The molecule has 12 heavy (non-hydrogen) atoms. The predicted octanol–water partition coefficient (Wildman–Crippen LogP) is 2.09. The number of carboxylic acid groups (broad SMARTS) is 1. The third-order valence-electron chi connectivity index (χ3n) is 1.60. The Morgan fingerprint density at radius 1 is 1.42 bits per heavy atom. The second kappa shape index (κ2) is 7.28. The normalized spacial score (nSPS) is 9.83. The molecule has 3 nitrogen and oxygen atoms in total. The Balaban J connectivity index is 3.56. The lowest BCUT2D eigenvalue weighted by Crippen LogP contribution is -2.31. The van der Waals surface area contributed by atoms with Gasteiger partial charge in [-0.15, -0.1) is 0 Å². The lowest BCUT2D eigenvalue weighted by atomic mass is 10.3. The van der Waals surface area contributed by atoms with Gasteiger partial charge in [-0.3, -0.25) is 0 Å². The Labute approximate surface area is 79.2 Å². The minimum Gasteiger partial charge on any atom is -0.465 e. The van der Waals surface area contributed by atoms with Gasteiger partial charge in [0, 0.05) is 13.1 Å². The summed E-state index contributed by atoms with van der Waals surface area (Å²) in [5.74, 6) is 0.833. The Morgan fingerprint density at radius 2 is 2.08 bits per heavy atom. The van der Waals surface area contributed by atoms with Crippen LogP contribution in [-0.2, 0) is 0 Å². The highest BCUT2D eigenvalue weighted by atomic mass is 32.1. The molecule has 0 unspecified atom stereocenters. The van der Waals surface area contributed by atoms with Gasteiger partial charge in [0.25, 0.3) is 0 Å². The number of nitrogens with zero attached hydrogens (tertiary/aromatic N) is 1. The number of carbonyl (C=O) groups is 1. The van der Waals surface area contributed by atoms with Crippen molar-refractivity contribution in [3.05, 3.63) is 0 Å². The average Bonchev–Trinajstić information content (AvgIpc) is 2.03. The van der Waals surface area contributed by atoms with Crippen LogP contribution in [0.5, 0.6) is 0 Å². The van der Waals surface area contributed by atoms with Crippen molar-refractivity contribution in [2.45, 2.75) is 26.2 Å². The first kappa shape index (κ1) is 11.6. The SMILES string of the molecule is CCCN(CCCCS)C(=O)O. The predicted molar refractivity (Wildman–Crippen MR) is 53.0 cm³/mol. The summed E-state index contributed by atoms with van der Waals surface area (Å²) >= 11 is 4.06. The van der Waals surface area contributed by atoms with E-state index < -0.39 is 6.09 Å². The molecule has 0 rings (SSSR count). The minimum atomic E-state index is -0.809. The summed E-state index contributed by atoms with van der Waals surface area (Å²) in [5.41, 5.74) is 0. The summed E-state index contributed by atoms with van der Waals surface area (Å²) in [5, 5.41) is 8.71. The number of hydrogen-bond acceptors (Lipinski definition) is 2. The molecule has 0 aliphatic heterocycles. The van der Waals surface area contributed by atoms with Crippen molar-refractivity contribution in [3.63, 3.8) is 0 Å². The van der Waals surface area contributed by atoms with E-state index in [1.54, 1.807) is 0 Å². The Morgan fingerprint density at radius 3 is 2.50 bits per heavy atom. The number of rotatable bonds is 6. The molecule has 0 saturated carbocycles. The van der Waals surface area contributed by atoms with Gasteiger partial charge in [-0.2, -0.15) is 12.6 Å². The fourth-order valence-corrected chi connectivity index (χ4v) is 1.21. The van der Waals surface area contributed by atoms with Crippen LogP contribution in [0.3, 0.4) is 0 Å². The lowest BCUT2D eigenvalue weighted by molar-refractivity contribution is 0.144. The molecule has 0 aliphatic rings. The van der Waals surface area contributed by atoms with Gasteiger partial charge in [0.1, 0.15) is 0 Å².